The molecule has 0 amide bonds. The number of hydrogen-bond acceptors (Lipinski definition) is 3. The molecule has 1 fully saturated rings. The molecule has 1 radical (unpaired) electrons. The van der Waals surface area contributed by atoms with Crippen molar-refractivity contribution in [3.05, 3.63) is 36.2 Å². The van der Waals surface area contributed by atoms with E-state index in [0.29, 0.717) is 11.7 Å². The number of hydrogen-bond donors (Lipinski definition) is 0. The van der Waals surface area contributed by atoms with Crippen LogP contribution in [-0.2, 0) is 0 Å². The summed E-state index contributed by atoms with van der Waals surface area (Å²) in [5.41, 5.74) is 1.00. The van der Waals surface area contributed by atoms with Gasteiger partial charge in [-0.15, -0.1) is 0 Å². The molecule has 3 rings (SSSR count). The number of nitrogens with zero attached hydrogens (tertiary/aromatic N) is 2. The van der Waals surface area contributed by atoms with E-state index in [9.17, 15) is 0 Å². The molecule has 22 heavy (non-hydrogen) atoms. The summed E-state index contributed by atoms with van der Waals surface area (Å²) in [6.07, 6.45) is 10.5. The lowest BCUT2D eigenvalue weighted by molar-refractivity contribution is 0.259. The summed E-state index contributed by atoms with van der Waals surface area (Å²) in [5.74, 6) is 2.90. The zero-order valence-electron chi connectivity index (χ0n) is 13.4. The Morgan fingerprint density at radius 2 is 1.91 bits per heavy atom. The van der Waals surface area contributed by atoms with Crippen LogP contribution >= 0.6 is 0 Å². The fourth-order valence-electron chi connectivity index (χ4n) is 3.44. The zero-order chi connectivity index (χ0) is 15.2. The van der Waals surface area contributed by atoms with Crippen molar-refractivity contribution in [2.75, 3.05) is 0 Å². The van der Waals surface area contributed by atoms with Gasteiger partial charge in [-0.3, -0.25) is 0 Å². The molecule has 0 unspecified atom stereocenters. The Labute approximate surface area is 133 Å². The molecule has 1 heterocycles. The Morgan fingerprint density at radius 3 is 2.64 bits per heavy atom. The van der Waals surface area contributed by atoms with Crippen LogP contribution in [0.2, 0.25) is 0 Å². The highest BCUT2D eigenvalue weighted by Gasteiger charge is 2.26. The smallest absolute Gasteiger partial charge is 0.230 e. The van der Waals surface area contributed by atoms with Crippen molar-refractivity contribution in [3.8, 4) is 11.4 Å². The highest BCUT2D eigenvalue weighted by molar-refractivity contribution is 5.53. The van der Waals surface area contributed by atoms with Crippen molar-refractivity contribution < 1.29 is 4.52 Å². The number of benzene rings is 1. The van der Waals surface area contributed by atoms with E-state index in [1.165, 1.54) is 51.4 Å². The summed E-state index contributed by atoms with van der Waals surface area (Å²) in [6.45, 7) is 2.27. The van der Waals surface area contributed by atoms with Crippen molar-refractivity contribution in [3.63, 3.8) is 0 Å². The van der Waals surface area contributed by atoms with Crippen molar-refractivity contribution in [2.45, 2.75) is 64.2 Å². The molecule has 0 N–H and O–H groups in total. The Hall–Kier alpha value is -1.64. The Bertz CT molecular complexity index is 556. The van der Waals surface area contributed by atoms with Crippen molar-refractivity contribution in [1.29, 1.82) is 0 Å². The standard InChI is InChI=1S/C19H25N2O/c1-2-3-5-8-15-11-13-17(14-12-15)19-20-18(21-22-19)16-9-6-4-7-10-16/h6-7,9-10,15,17H,2-3,5,8,11-14H2,1H3. The highest BCUT2D eigenvalue weighted by atomic mass is 16.5. The van der Waals surface area contributed by atoms with Gasteiger partial charge in [0.15, 0.2) is 0 Å². The van der Waals surface area contributed by atoms with Crippen LogP contribution in [0.25, 0.3) is 11.4 Å². The zero-order valence-corrected chi connectivity index (χ0v) is 13.4. The number of unbranched alkanes of at least 4 members (excludes halogenated alkanes) is 2. The van der Waals surface area contributed by atoms with E-state index >= 15 is 0 Å². The van der Waals surface area contributed by atoms with E-state index in [-0.39, 0.29) is 0 Å². The first-order chi connectivity index (χ1) is 10.9. The number of aromatic nitrogens is 2. The molecule has 0 atom stereocenters. The molecule has 3 nitrogen and oxygen atoms in total. The van der Waals surface area contributed by atoms with Crippen molar-refractivity contribution >= 4 is 0 Å². The summed E-state index contributed by atoms with van der Waals surface area (Å²) in [6, 6.07) is 10.7. The summed E-state index contributed by atoms with van der Waals surface area (Å²) in [7, 11) is 0. The molecule has 2 aromatic rings. The average Bonchev–Trinajstić information content (AvgIpc) is 3.07. The van der Waals surface area contributed by atoms with Crippen LogP contribution in [0.1, 0.15) is 70.1 Å². The van der Waals surface area contributed by atoms with Crippen LogP contribution in [0, 0.1) is 12.0 Å². The maximum absolute atomic E-state index is 5.52. The van der Waals surface area contributed by atoms with Crippen LogP contribution in [-0.4, -0.2) is 10.1 Å². The van der Waals surface area contributed by atoms with E-state index in [1.54, 1.807) is 0 Å². The normalized spacial score (nSPS) is 21.9. The lowest BCUT2D eigenvalue weighted by atomic mass is 9.79. The van der Waals surface area contributed by atoms with Crippen molar-refractivity contribution in [1.82, 2.24) is 10.1 Å². The van der Waals surface area contributed by atoms with E-state index in [0.717, 1.165) is 17.4 Å². The topological polar surface area (TPSA) is 38.9 Å². The molecule has 3 heteroatoms. The van der Waals surface area contributed by atoms with Gasteiger partial charge in [-0.25, -0.2) is 0 Å². The molecule has 117 valence electrons. The first kappa shape index (κ1) is 15.3. The molecule has 0 spiro atoms. The van der Waals surface area contributed by atoms with Crippen molar-refractivity contribution in [2.24, 2.45) is 5.92 Å². The Morgan fingerprint density at radius 1 is 1.14 bits per heavy atom. The van der Waals surface area contributed by atoms with Gasteiger partial charge in [-0.1, -0.05) is 62.0 Å². The molecule has 0 bridgehead atoms. The minimum atomic E-state index is 0.457. The van der Waals surface area contributed by atoms with E-state index in [2.05, 4.69) is 23.1 Å². The molecule has 0 aliphatic heterocycles. The minimum absolute atomic E-state index is 0.457. The second-order valence-corrected chi connectivity index (χ2v) is 6.46. The summed E-state index contributed by atoms with van der Waals surface area (Å²) in [5, 5.41) is 4.14. The second kappa shape index (κ2) is 7.57. The lowest BCUT2D eigenvalue weighted by Gasteiger charge is -2.26. The summed E-state index contributed by atoms with van der Waals surface area (Å²) < 4.78 is 5.52. The third-order valence-corrected chi connectivity index (χ3v) is 4.83. The van der Waals surface area contributed by atoms with Gasteiger partial charge < -0.3 is 4.52 Å². The molecule has 1 aromatic heterocycles. The number of rotatable bonds is 6. The summed E-state index contributed by atoms with van der Waals surface area (Å²) in [4.78, 5) is 4.61. The molecule has 1 aliphatic rings. The minimum Gasteiger partial charge on any atom is -0.339 e. The van der Waals surface area contributed by atoms with Crippen LogP contribution in [0.3, 0.4) is 0 Å². The predicted molar refractivity (Wildman–Crippen MR) is 87.4 cm³/mol. The van der Waals surface area contributed by atoms with Gasteiger partial charge in [0.25, 0.3) is 0 Å². The van der Waals surface area contributed by atoms with Crippen LogP contribution < -0.4 is 0 Å². The summed E-state index contributed by atoms with van der Waals surface area (Å²) >= 11 is 0. The van der Waals surface area contributed by atoms with Gasteiger partial charge in [0.05, 0.1) is 0 Å². The highest BCUT2D eigenvalue weighted by Crippen LogP contribution is 2.37. The van der Waals surface area contributed by atoms with Gasteiger partial charge in [0.1, 0.15) is 0 Å². The first-order valence-electron chi connectivity index (χ1n) is 8.67. The molecule has 0 saturated heterocycles. The van der Waals surface area contributed by atoms with E-state index in [1.807, 2.05) is 24.3 Å². The quantitative estimate of drug-likeness (QED) is 0.671. The van der Waals surface area contributed by atoms with Crippen LogP contribution in [0.15, 0.2) is 28.8 Å². The molecule has 1 aromatic carbocycles. The molecule has 1 aliphatic carbocycles. The third-order valence-electron chi connectivity index (χ3n) is 4.83. The fraction of sp³-hybridized carbons (Fsp3) is 0.579. The van der Waals surface area contributed by atoms with Gasteiger partial charge in [-0.2, -0.15) is 4.98 Å². The van der Waals surface area contributed by atoms with E-state index < -0.39 is 0 Å². The fourth-order valence-corrected chi connectivity index (χ4v) is 3.44. The van der Waals surface area contributed by atoms with Crippen LogP contribution in [0.5, 0.6) is 0 Å². The Balaban J connectivity index is 1.55. The third kappa shape index (κ3) is 3.76. The first-order valence-corrected chi connectivity index (χ1v) is 8.67. The monoisotopic (exact) mass is 297 g/mol. The van der Waals surface area contributed by atoms with E-state index in [4.69, 9.17) is 4.52 Å². The maximum atomic E-state index is 5.52. The molecular formula is C19H25N2O. The van der Waals surface area contributed by atoms with Gasteiger partial charge >= 0.3 is 0 Å². The van der Waals surface area contributed by atoms with Crippen LogP contribution in [0.4, 0.5) is 0 Å². The lowest BCUT2D eigenvalue weighted by Crippen LogP contribution is -2.13. The average molecular weight is 297 g/mol. The maximum Gasteiger partial charge on any atom is 0.230 e. The predicted octanol–water partition coefficient (Wildman–Crippen LogP) is 5.39. The Kier molecular flexibility index (Phi) is 5.25. The largest absolute Gasteiger partial charge is 0.339 e. The van der Waals surface area contributed by atoms with Gasteiger partial charge in [0.2, 0.25) is 11.7 Å². The second-order valence-electron chi connectivity index (χ2n) is 6.46. The van der Waals surface area contributed by atoms with Gasteiger partial charge in [-0.05, 0) is 37.7 Å². The molecule has 1 saturated carbocycles. The van der Waals surface area contributed by atoms with Gasteiger partial charge in [0, 0.05) is 11.5 Å². The molecular weight excluding hydrogens is 272 g/mol. The SMILES string of the molecule is CCCCCC1CCC(c2nc(-c3cc[c]cc3)no2)CC1.